The lowest BCUT2D eigenvalue weighted by molar-refractivity contribution is 0.109. The van der Waals surface area contributed by atoms with Gasteiger partial charge in [0, 0.05) is 56.8 Å². The van der Waals surface area contributed by atoms with Gasteiger partial charge in [0.2, 0.25) is 0 Å². The smallest absolute Gasteiger partial charge is 0.194 e. The lowest BCUT2D eigenvalue weighted by Gasteiger charge is -2.37. The summed E-state index contributed by atoms with van der Waals surface area (Å²) in [6.07, 6.45) is 0. The van der Waals surface area contributed by atoms with Crippen LogP contribution in [0.3, 0.4) is 0 Å². The fraction of sp³-hybridized carbons (Fsp3) is 0.650. The summed E-state index contributed by atoms with van der Waals surface area (Å²) in [6, 6.07) is 8.84. The molecule has 0 aliphatic carbocycles. The average molecular weight is 424 g/mol. The maximum Gasteiger partial charge on any atom is 0.194 e. The van der Waals surface area contributed by atoms with Crippen LogP contribution in [0, 0.1) is 0 Å². The predicted molar refractivity (Wildman–Crippen MR) is 115 cm³/mol. The third-order valence-electron chi connectivity index (χ3n) is 5.04. The highest BCUT2D eigenvalue weighted by Crippen LogP contribution is 2.17. The Morgan fingerprint density at radius 3 is 2.54 bits per heavy atom. The fourth-order valence-corrected chi connectivity index (χ4v) is 3.69. The molecule has 0 saturated carbocycles. The maximum atomic E-state index is 4.91. The standard InChI is InChI=1S/C20H34BrN5/c1-5-22-20(24(4)16-18-9-7-8-10-19(18)21)23-15-17(3)26-13-11-25(6-2)12-14-26/h7-10,17H,5-6,11-16H2,1-4H3,(H,22,23). The molecule has 1 N–H and O–H groups in total. The molecule has 1 saturated heterocycles. The van der Waals surface area contributed by atoms with Gasteiger partial charge in [0.05, 0.1) is 6.54 Å². The van der Waals surface area contributed by atoms with Crippen LogP contribution in [0.15, 0.2) is 33.7 Å². The van der Waals surface area contributed by atoms with E-state index in [1.807, 2.05) is 6.07 Å². The van der Waals surface area contributed by atoms with Crippen LogP contribution in [0.2, 0.25) is 0 Å². The molecule has 1 aliphatic heterocycles. The second-order valence-electron chi connectivity index (χ2n) is 6.96. The average Bonchev–Trinajstić information content (AvgIpc) is 2.66. The zero-order valence-electron chi connectivity index (χ0n) is 16.7. The van der Waals surface area contributed by atoms with E-state index in [9.17, 15) is 0 Å². The number of aliphatic imine (C=N–C) groups is 1. The Labute approximate surface area is 167 Å². The Balaban J connectivity index is 1.94. The van der Waals surface area contributed by atoms with Gasteiger partial charge in [-0.2, -0.15) is 0 Å². The molecule has 1 aromatic carbocycles. The van der Waals surface area contributed by atoms with E-state index < -0.39 is 0 Å². The molecule has 0 amide bonds. The molecule has 1 aromatic rings. The minimum Gasteiger partial charge on any atom is -0.357 e. The van der Waals surface area contributed by atoms with E-state index in [0.29, 0.717) is 6.04 Å². The largest absolute Gasteiger partial charge is 0.357 e. The van der Waals surface area contributed by atoms with E-state index in [1.54, 1.807) is 0 Å². The van der Waals surface area contributed by atoms with Crippen molar-refractivity contribution in [2.75, 3.05) is 52.9 Å². The Morgan fingerprint density at radius 1 is 1.23 bits per heavy atom. The Kier molecular flexibility index (Phi) is 8.88. The summed E-state index contributed by atoms with van der Waals surface area (Å²) < 4.78 is 1.14. The van der Waals surface area contributed by atoms with Crippen molar-refractivity contribution < 1.29 is 0 Å². The molecule has 1 fully saturated rings. The summed E-state index contributed by atoms with van der Waals surface area (Å²) in [6.45, 7) is 15.0. The lowest BCUT2D eigenvalue weighted by Crippen LogP contribution is -2.50. The first-order valence-electron chi connectivity index (χ1n) is 9.74. The number of halogens is 1. The molecular formula is C20H34BrN5. The summed E-state index contributed by atoms with van der Waals surface area (Å²) in [4.78, 5) is 12.2. The topological polar surface area (TPSA) is 34.1 Å². The number of nitrogens with zero attached hydrogens (tertiary/aromatic N) is 4. The monoisotopic (exact) mass is 423 g/mol. The van der Waals surface area contributed by atoms with E-state index in [-0.39, 0.29) is 0 Å². The normalized spacial score (nSPS) is 18.0. The van der Waals surface area contributed by atoms with Gasteiger partial charge < -0.3 is 15.1 Å². The maximum absolute atomic E-state index is 4.91. The summed E-state index contributed by atoms with van der Waals surface area (Å²) in [5, 5.41) is 3.43. The van der Waals surface area contributed by atoms with Crippen LogP contribution in [0.4, 0.5) is 0 Å². The van der Waals surface area contributed by atoms with Gasteiger partial charge in [-0.25, -0.2) is 0 Å². The van der Waals surface area contributed by atoms with Crippen LogP contribution in [0.5, 0.6) is 0 Å². The molecule has 1 atom stereocenters. The third kappa shape index (κ3) is 6.25. The molecule has 1 unspecified atom stereocenters. The van der Waals surface area contributed by atoms with E-state index in [2.05, 4.69) is 82.0 Å². The molecule has 2 rings (SSSR count). The highest BCUT2D eigenvalue weighted by Gasteiger charge is 2.20. The molecular weight excluding hydrogens is 390 g/mol. The van der Waals surface area contributed by atoms with Crippen molar-refractivity contribution in [3.63, 3.8) is 0 Å². The van der Waals surface area contributed by atoms with Gasteiger partial charge in [-0.15, -0.1) is 0 Å². The van der Waals surface area contributed by atoms with Crippen molar-refractivity contribution in [2.45, 2.75) is 33.4 Å². The van der Waals surface area contributed by atoms with E-state index >= 15 is 0 Å². The lowest BCUT2D eigenvalue weighted by atomic mass is 10.2. The number of guanidine groups is 1. The molecule has 0 spiro atoms. The van der Waals surface area contributed by atoms with Crippen molar-refractivity contribution in [3.8, 4) is 0 Å². The molecule has 26 heavy (non-hydrogen) atoms. The number of piperazine rings is 1. The SMILES string of the molecule is CCNC(=NCC(C)N1CCN(CC)CC1)N(C)Cc1ccccc1Br. The van der Waals surface area contributed by atoms with E-state index in [0.717, 1.165) is 49.7 Å². The van der Waals surface area contributed by atoms with Crippen LogP contribution in [0.25, 0.3) is 0 Å². The van der Waals surface area contributed by atoms with Crippen LogP contribution in [-0.2, 0) is 6.54 Å². The number of rotatable bonds is 7. The highest BCUT2D eigenvalue weighted by molar-refractivity contribution is 9.10. The van der Waals surface area contributed by atoms with Crippen molar-refractivity contribution in [1.29, 1.82) is 0 Å². The second-order valence-corrected chi connectivity index (χ2v) is 7.82. The summed E-state index contributed by atoms with van der Waals surface area (Å²) >= 11 is 3.64. The van der Waals surface area contributed by atoms with E-state index in [1.165, 1.54) is 18.7 Å². The van der Waals surface area contributed by atoms with Crippen molar-refractivity contribution in [1.82, 2.24) is 20.0 Å². The van der Waals surface area contributed by atoms with E-state index in [4.69, 9.17) is 4.99 Å². The van der Waals surface area contributed by atoms with Gasteiger partial charge in [0.15, 0.2) is 5.96 Å². The van der Waals surface area contributed by atoms with Gasteiger partial charge in [0.1, 0.15) is 0 Å². The van der Waals surface area contributed by atoms with Gasteiger partial charge in [-0.1, -0.05) is 41.1 Å². The number of nitrogens with one attached hydrogen (secondary N) is 1. The van der Waals surface area contributed by atoms with Gasteiger partial charge in [0.25, 0.3) is 0 Å². The van der Waals surface area contributed by atoms with Gasteiger partial charge in [-0.05, 0) is 32.0 Å². The second kappa shape index (κ2) is 10.9. The quantitative estimate of drug-likeness (QED) is 0.539. The summed E-state index contributed by atoms with van der Waals surface area (Å²) in [7, 11) is 2.10. The van der Waals surface area contributed by atoms with Crippen LogP contribution in [0.1, 0.15) is 26.3 Å². The van der Waals surface area contributed by atoms with Crippen molar-refractivity contribution in [3.05, 3.63) is 34.3 Å². The molecule has 1 heterocycles. The fourth-order valence-electron chi connectivity index (χ4n) is 3.28. The van der Waals surface area contributed by atoms with Crippen LogP contribution in [-0.4, -0.2) is 79.6 Å². The minimum absolute atomic E-state index is 0.472. The van der Waals surface area contributed by atoms with Crippen LogP contribution < -0.4 is 5.32 Å². The minimum atomic E-state index is 0.472. The number of hydrogen-bond acceptors (Lipinski definition) is 3. The predicted octanol–water partition coefficient (Wildman–Crippen LogP) is 2.87. The molecule has 0 radical (unpaired) electrons. The zero-order valence-corrected chi connectivity index (χ0v) is 18.3. The third-order valence-corrected chi connectivity index (χ3v) is 5.82. The Hall–Kier alpha value is -1.11. The molecule has 0 bridgehead atoms. The molecule has 0 aromatic heterocycles. The Morgan fingerprint density at radius 2 is 1.92 bits per heavy atom. The molecule has 146 valence electrons. The van der Waals surface area contributed by atoms with Crippen molar-refractivity contribution in [2.24, 2.45) is 4.99 Å². The van der Waals surface area contributed by atoms with Gasteiger partial charge >= 0.3 is 0 Å². The first-order valence-corrected chi connectivity index (χ1v) is 10.5. The number of likely N-dealkylation sites (N-methyl/N-ethyl adjacent to an activating group) is 1. The van der Waals surface area contributed by atoms with Gasteiger partial charge in [-0.3, -0.25) is 9.89 Å². The Bertz CT molecular complexity index is 569. The molecule has 6 heteroatoms. The van der Waals surface area contributed by atoms with Crippen LogP contribution >= 0.6 is 15.9 Å². The first kappa shape index (κ1) is 21.2. The molecule has 5 nitrogen and oxygen atoms in total. The zero-order chi connectivity index (χ0) is 18.9. The number of benzene rings is 1. The van der Waals surface area contributed by atoms with Crippen molar-refractivity contribution >= 4 is 21.9 Å². The highest BCUT2D eigenvalue weighted by atomic mass is 79.9. The number of hydrogen-bond donors (Lipinski definition) is 1. The summed E-state index contributed by atoms with van der Waals surface area (Å²) in [5.41, 5.74) is 1.27. The summed E-state index contributed by atoms with van der Waals surface area (Å²) in [5.74, 6) is 0.974. The molecule has 1 aliphatic rings. The first-order chi connectivity index (χ1) is 12.5.